The molecule has 0 bridgehead atoms. The summed E-state index contributed by atoms with van der Waals surface area (Å²) >= 11 is 0. The van der Waals surface area contributed by atoms with Crippen LogP contribution in [0.3, 0.4) is 0 Å². The molecule has 0 unspecified atom stereocenters. The van der Waals surface area contributed by atoms with E-state index in [9.17, 15) is 9.59 Å². The Hall–Kier alpha value is -2.69. The highest BCUT2D eigenvalue weighted by molar-refractivity contribution is 5.98. The molecule has 0 atom stereocenters. The van der Waals surface area contributed by atoms with Crippen LogP contribution >= 0.6 is 0 Å². The predicted molar refractivity (Wildman–Crippen MR) is 89.2 cm³/mol. The Morgan fingerprint density at radius 2 is 1.91 bits per heavy atom. The lowest BCUT2D eigenvalue weighted by molar-refractivity contribution is 0.0943. The SMILES string of the molecule is Cc1cccc(CNC(=O)c2cc(C(=O)NC(C)C)ccn2)c1. The summed E-state index contributed by atoms with van der Waals surface area (Å²) in [4.78, 5) is 28.2. The average Bonchev–Trinajstić information content (AvgIpc) is 2.52. The van der Waals surface area contributed by atoms with E-state index in [1.54, 1.807) is 6.07 Å². The Kier molecular flexibility index (Phi) is 5.46. The number of benzene rings is 1. The Morgan fingerprint density at radius 1 is 1.13 bits per heavy atom. The molecule has 2 amide bonds. The van der Waals surface area contributed by atoms with Crippen molar-refractivity contribution in [2.45, 2.75) is 33.4 Å². The van der Waals surface area contributed by atoms with E-state index < -0.39 is 0 Å². The van der Waals surface area contributed by atoms with Gasteiger partial charge in [0, 0.05) is 24.3 Å². The molecular formula is C18H21N3O2. The molecule has 5 nitrogen and oxygen atoms in total. The molecule has 0 radical (unpaired) electrons. The van der Waals surface area contributed by atoms with Crippen molar-refractivity contribution in [3.8, 4) is 0 Å². The number of aromatic nitrogens is 1. The average molecular weight is 311 g/mol. The second-order valence-electron chi connectivity index (χ2n) is 5.73. The molecule has 0 saturated heterocycles. The quantitative estimate of drug-likeness (QED) is 0.891. The van der Waals surface area contributed by atoms with Gasteiger partial charge in [0.1, 0.15) is 5.69 Å². The molecule has 0 fully saturated rings. The fraction of sp³-hybridized carbons (Fsp3) is 0.278. The predicted octanol–water partition coefficient (Wildman–Crippen LogP) is 2.46. The normalized spacial score (nSPS) is 10.4. The molecule has 5 heteroatoms. The van der Waals surface area contributed by atoms with Crippen LogP contribution < -0.4 is 10.6 Å². The van der Waals surface area contributed by atoms with Crippen molar-refractivity contribution in [2.75, 3.05) is 0 Å². The van der Waals surface area contributed by atoms with E-state index in [0.29, 0.717) is 12.1 Å². The van der Waals surface area contributed by atoms with E-state index in [0.717, 1.165) is 11.1 Å². The van der Waals surface area contributed by atoms with Crippen molar-refractivity contribution < 1.29 is 9.59 Å². The second-order valence-corrected chi connectivity index (χ2v) is 5.73. The summed E-state index contributed by atoms with van der Waals surface area (Å²) in [5, 5.41) is 5.61. The molecule has 23 heavy (non-hydrogen) atoms. The van der Waals surface area contributed by atoms with Crippen LogP contribution in [0.25, 0.3) is 0 Å². The first kappa shape index (κ1) is 16.7. The summed E-state index contributed by atoms with van der Waals surface area (Å²) in [5.41, 5.74) is 2.82. The van der Waals surface area contributed by atoms with Crippen molar-refractivity contribution in [2.24, 2.45) is 0 Å². The number of hydrogen-bond donors (Lipinski definition) is 2. The molecular weight excluding hydrogens is 290 g/mol. The van der Waals surface area contributed by atoms with Crippen molar-refractivity contribution in [1.82, 2.24) is 15.6 Å². The van der Waals surface area contributed by atoms with Crippen molar-refractivity contribution in [3.63, 3.8) is 0 Å². The maximum Gasteiger partial charge on any atom is 0.270 e. The number of nitrogens with zero attached hydrogens (tertiary/aromatic N) is 1. The van der Waals surface area contributed by atoms with E-state index in [2.05, 4.69) is 15.6 Å². The van der Waals surface area contributed by atoms with Gasteiger partial charge in [0.15, 0.2) is 0 Å². The van der Waals surface area contributed by atoms with Crippen molar-refractivity contribution in [3.05, 3.63) is 65.0 Å². The third kappa shape index (κ3) is 4.92. The molecule has 0 spiro atoms. The van der Waals surface area contributed by atoms with Gasteiger partial charge < -0.3 is 10.6 Å². The molecule has 0 aliphatic rings. The molecule has 1 aromatic carbocycles. The van der Waals surface area contributed by atoms with Gasteiger partial charge in [-0.2, -0.15) is 0 Å². The third-order valence-corrected chi connectivity index (χ3v) is 3.21. The van der Waals surface area contributed by atoms with Gasteiger partial charge in [-0.05, 0) is 38.5 Å². The third-order valence-electron chi connectivity index (χ3n) is 3.21. The maximum atomic E-state index is 12.2. The fourth-order valence-corrected chi connectivity index (χ4v) is 2.14. The second kappa shape index (κ2) is 7.54. The fourth-order valence-electron chi connectivity index (χ4n) is 2.14. The van der Waals surface area contributed by atoms with E-state index in [1.807, 2.05) is 45.0 Å². The molecule has 120 valence electrons. The van der Waals surface area contributed by atoms with Crippen LogP contribution in [0, 0.1) is 6.92 Å². The monoisotopic (exact) mass is 311 g/mol. The van der Waals surface area contributed by atoms with Crippen LogP contribution in [0.5, 0.6) is 0 Å². The molecule has 0 saturated carbocycles. The van der Waals surface area contributed by atoms with Crippen LogP contribution in [0.1, 0.15) is 45.8 Å². The lowest BCUT2D eigenvalue weighted by atomic mass is 10.1. The zero-order chi connectivity index (χ0) is 16.8. The van der Waals surface area contributed by atoms with Crippen molar-refractivity contribution >= 4 is 11.8 Å². The molecule has 2 rings (SSSR count). The number of hydrogen-bond acceptors (Lipinski definition) is 3. The van der Waals surface area contributed by atoms with Crippen LogP contribution in [-0.4, -0.2) is 22.8 Å². The molecule has 2 aromatic rings. The summed E-state index contributed by atoms with van der Waals surface area (Å²) in [6, 6.07) is 11.1. The Labute approximate surface area is 136 Å². The van der Waals surface area contributed by atoms with Gasteiger partial charge in [-0.25, -0.2) is 0 Å². The Balaban J connectivity index is 2.03. The smallest absolute Gasteiger partial charge is 0.270 e. The first-order chi connectivity index (χ1) is 11.0. The number of rotatable bonds is 5. The Morgan fingerprint density at radius 3 is 2.61 bits per heavy atom. The lowest BCUT2D eigenvalue weighted by Gasteiger charge is -2.09. The summed E-state index contributed by atoms with van der Waals surface area (Å²) in [7, 11) is 0. The van der Waals surface area contributed by atoms with E-state index in [1.165, 1.54) is 12.3 Å². The minimum atomic E-state index is -0.300. The molecule has 0 aliphatic heterocycles. The van der Waals surface area contributed by atoms with Gasteiger partial charge in [0.2, 0.25) is 0 Å². The van der Waals surface area contributed by atoms with Crippen LogP contribution in [-0.2, 0) is 6.54 Å². The molecule has 2 N–H and O–H groups in total. The first-order valence-electron chi connectivity index (χ1n) is 7.56. The lowest BCUT2D eigenvalue weighted by Crippen LogP contribution is -2.30. The minimum absolute atomic E-state index is 0.0364. The van der Waals surface area contributed by atoms with Gasteiger partial charge in [-0.3, -0.25) is 14.6 Å². The highest BCUT2D eigenvalue weighted by atomic mass is 16.2. The van der Waals surface area contributed by atoms with Gasteiger partial charge in [0.05, 0.1) is 0 Å². The number of amides is 2. The van der Waals surface area contributed by atoms with Gasteiger partial charge >= 0.3 is 0 Å². The standard InChI is InChI=1S/C18H21N3O2/c1-12(2)21-17(22)15-7-8-19-16(10-15)18(23)20-11-14-6-4-5-13(3)9-14/h4-10,12H,11H2,1-3H3,(H,20,23)(H,21,22). The largest absolute Gasteiger partial charge is 0.350 e. The zero-order valence-electron chi connectivity index (χ0n) is 13.6. The number of pyridine rings is 1. The molecule has 1 aromatic heterocycles. The molecule has 0 aliphatic carbocycles. The maximum absolute atomic E-state index is 12.2. The van der Waals surface area contributed by atoms with Crippen LogP contribution in [0.15, 0.2) is 42.6 Å². The van der Waals surface area contributed by atoms with E-state index >= 15 is 0 Å². The summed E-state index contributed by atoms with van der Waals surface area (Å²) in [5.74, 6) is -0.513. The Bertz CT molecular complexity index is 711. The topological polar surface area (TPSA) is 71.1 Å². The summed E-state index contributed by atoms with van der Waals surface area (Å²) in [6.45, 7) is 6.19. The van der Waals surface area contributed by atoms with E-state index in [-0.39, 0.29) is 23.6 Å². The number of carbonyl (C=O) groups is 2. The van der Waals surface area contributed by atoms with Gasteiger partial charge in [-0.15, -0.1) is 0 Å². The highest BCUT2D eigenvalue weighted by Gasteiger charge is 2.12. The van der Waals surface area contributed by atoms with E-state index in [4.69, 9.17) is 0 Å². The summed E-state index contributed by atoms with van der Waals surface area (Å²) < 4.78 is 0. The summed E-state index contributed by atoms with van der Waals surface area (Å²) in [6.07, 6.45) is 1.47. The van der Waals surface area contributed by atoms with Crippen LogP contribution in [0.4, 0.5) is 0 Å². The van der Waals surface area contributed by atoms with Gasteiger partial charge in [0.25, 0.3) is 11.8 Å². The van der Waals surface area contributed by atoms with Crippen LogP contribution in [0.2, 0.25) is 0 Å². The number of nitrogens with one attached hydrogen (secondary N) is 2. The first-order valence-corrected chi connectivity index (χ1v) is 7.56. The van der Waals surface area contributed by atoms with Crippen molar-refractivity contribution in [1.29, 1.82) is 0 Å². The molecule has 1 heterocycles. The number of carbonyl (C=O) groups excluding carboxylic acids is 2. The highest BCUT2D eigenvalue weighted by Crippen LogP contribution is 2.05. The number of aryl methyl sites for hydroxylation is 1. The zero-order valence-corrected chi connectivity index (χ0v) is 13.6. The minimum Gasteiger partial charge on any atom is -0.350 e. The van der Waals surface area contributed by atoms with Gasteiger partial charge in [-0.1, -0.05) is 29.8 Å².